The van der Waals surface area contributed by atoms with E-state index in [1.54, 1.807) is 29.3 Å². The molecule has 1 aliphatic heterocycles. The molecule has 9 heteroatoms. The van der Waals surface area contributed by atoms with E-state index in [-0.39, 0.29) is 12.2 Å². The second-order valence-corrected chi connectivity index (χ2v) is 8.44. The maximum Gasteiger partial charge on any atom is 0.338 e. The molecule has 0 aliphatic carbocycles. The van der Waals surface area contributed by atoms with E-state index in [1.165, 1.54) is 22.7 Å². The summed E-state index contributed by atoms with van der Waals surface area (Å²) in [7, 11) is 0. The van der Waals surface area contributed by atoms with E-state index in [1.807, 2.05) is 36.7 Å². The highest BCUT2D eigenvalue weighted by Crippen LogP contribution is 2.33. The van der Waals surface area contributed by atoms with Crippen LogP contribution in [0.25, 0.3) is 6.08 Å². The normalized spacial score (nSPS) is 16.7. The average Bonchev–Trinajstić information content (AvgIpc) is 3.43. The Morgan fingerprint density at radius 1 is 1.38 bits per heavy atom. The average molecular weight is 429 g/mol. The number of aromatic nitrogens is 3. The summed E-state index contributed by atoms with van der Waals surface area (Å²) in [6.07, 6.45) is 5.44. The second kappa shape index (κ2) is 7.92. The van der Waals surface area contributed by atoms with E-state index < -0.39 is 12.0 Å². The molecule has 150 valence electrons. The van der Waals surface area contributed by atoms with Crippen molar-refractivity contribution >= 4 is 34.7 Å². The summed E-state index contributed by atoms with van der Waals surface area (Å²) in [5.74, 6) is -0.439. The van der Waals surface area contributed by atoms with Crippen LogP contribution < -0.4 is 14.9 Å². The number of aryl methyl sites for hydroxylation is 1. The van der Waals surface area contributed by atoms with Gasteiger partial charge in [-0.2, -0.15) is 5.10 Å². The van der Waals surface area contributed by atoms with Gasteiger partial charge < -0.3 is 4.74 Å². The van der Waals surface area contributed by atoms with E-state index in [2.05, 4.69) is 10.1 Å². The van der Waals surface area contributed by atoms with Crippen LogP contribution >= 0.6 is 22.7 Å². The molecule has 1 aliphatic rings. The number of hydrogen-bond acceptors (Lipinski definition) is 7. The molecule has 0 spiro atoms. The quantitative estimate of drug-likeness (QED) is 0.583. The molecule has 0 saturated heterocycles. The Kier molecular flexibility index (Phi) is 5.33. The predicted octanol–water partition coefficient (Wildman–Crippen LogP) is 2.08. The summed E-state index contributed by atoms with van der Waals surface area (Å²) in [5.41, 5.74) is 1.66. The molecule has 4 heterocycles. The van der Waals surface area contributed by atoms with Gasteiger partial charge in [-0.1, -0.05) is 17.4 Å². The lowest BCUT2D eigenvalue weighted by Crippen LogP contribution is -2.39. The van der Waals surface area contributed by atoms with Gasteiger partial charge in [0, 0.05) is 23.2 Å². The molecule has 0 bridgehead atoms. The largest absolute Gasteiger partial charge is 0.463 e. The lowest BCUT2D eigenvalue weighted by atomic mass is 10.0. The molecule has 0 aromatic carbocycles. The Morgan fingerprint density at radius 3 is 2.86 bits per heavy atom. The van der Waals surface area contributed by atoms with Crippen LogP contribution in [-0.4, -0.2) is 26.9 Å². The van der Waals surface area contributed by atoms with Gasteiger partial charge in [-0.25, -0.2) is 9.79 Å². The molecule has 0 N–H and O–H groups in total. The predicted molar refractivity (Wildman–Crippen MR) is 113 cm³/mol. The molecule has 1 atom stereocenters. The minimum absolute atomic E-state index is 0.175. The lowest BCUT2D eigenvalue weighted by Gasteiger charge is -2.23. The van der Waals surface area contributed by atoms with Crippen LogP contribution in [-0.2, 0) is 16.1 Å². The van der Waals surface area contributed by atoms with Gasteiger partial charge in [-0.3, -0.25) is 14.0 Å². The molecule has 0 unspecified atom stereocenters. The van der Waals surface area contributed by atoms with Gasteiger partial charge in [0.25, 0.3) is 5.56 Å². The minimum atomic E-state index is -0.536. The van der Waals surface area contributed by atoms with Crippen LogP contribution in [0.2, 0.25) is 0 Å². The van der Waals surface area contributed by atoms with E-state index in [0.717, 1.165) is 17.0 Å². The number of nitrogens with zero attached hydrogens (tertiary/aromatic N) is 4. The minimum Gasteiger partial charge on any atom is -0.463 e. The van der Waals surface area contributed by atoms with Crippen LogP contribution in [0, 0.1) is 0 Å². The molecule has 29 heavy (non-hydrogen) atoms. The molecule has 0 radical (unpaired) electrons. The number of allylic oxidation sites excluding steroid dienone is 1. The molecule has 4 rings (SSSR count). The highest BCUT2D eigenvalue weighted by Gasteiger charge is 2.33. The van der Waals surface area contributed by atoms with Crippen molar-refractivity contribution in [2.45, 2.75) is 33.4 Å². The maximum absolute atomic E-state index is 13.3. The standard InChI is InChI=1S/C20H20N4O3S2/c1-4-23-11-13(10-21-23)9-15-18(25)24-17(14-7-6-8-28-14)16(19(26)27-5-2)12(3)22-20(24)29-15/h6-11,17H,4-5H2,1-3H3/b15-9+/t17-/m1/s1. The van der Waals surface area contributed by atoms with Crippen molar-refractivity contribution in [1.82, 2.24) is 14.3 Å². The second-order valence-electron chi connectivity index (χ2n) is 6.45. The first-order chi connectivity index (χ1) is 14.0. The zero-order valence-electron chi connectivity index (χ0n) is 16.3. The van der Waals surface area contributed by atoms with E-state index in [0.29, 0.717) is 20.6 Å². The number of thiazole rings is 1. The van der Waals surface area contributed by atoms with Gasteiger partial charge in [0.1, 0.15) is 6.04 Å². The third-order valence-electron chi connectivity index (χ3n) is 4.60. The van der Waals surface area contributed by atoms with Gasteiger partial charge in [0.15, 0.2) is 4.80 Å². The summed E-state index contributed by atoms with van der Waals surface area (Å²) < 4.78 is 9.23. The molecule has 3 aromatic heterocycles. The monoisotopic (exact) mass is 428 g/mol. The third-order valence-corrected chi connectivity index (χ3v) is 6.51. The number of rotatable bonds is 5. The Morgan fingerprint density at radius 2 is 2.21 bits per heavy atom. The number of fused-ring (bicyclic) bond motifs is 1. The van der Waals surface area contributed by atoms with Crippen LogP contribution in [0.1, 0.15) is 37.3 Å². The molecular formula is C20H20N4O3S2. The fourth-order valence-electron chi connectivity index (χ4n) is 3.29. The summed E-state index contributed by atoms with van der Waals surface area (Å²) in [6.45, 7) is 6.58. The number of hydrogen-bond donors (Lipinski definition) is 0. The number of carbonyl (C=O) groups is 1. The third kappa shape index (κ3) is 3.51. The Balaban J connectivity index is 1.92. The smallest absolute Gasteiger partial charge is 0.338 e. The fraction of sp³-hybridized carbons (Fsp3) is 0.300. The fourth-order valence-corrected chi connectivity index (χ4v) is 5.16. The number of esters is 1. The Bertz CT molecular complexity index is 1260. The van der Waals surface area contributed by atoms with Gasteiger partial charge >= 0.3 is 5.97 Å². The SMILES string of the molecule is CCOC(=O)C1=C(C)N=c2s/c(=C/c3cnn(CC)c3)c(=O)n2[C@@H]1c1cccs1. The highest BCUT2D eigenvalue weighted by atomic mass is 32.1. The van der Waals surface area contributed by atoms with Crippen molar-refractivity contribution in [2.75, 3.05) is 6.61 Å². The van der Waals surface area contributed by atoms with E-state index >= 15 is 0 Å². The highest BCUT2D eigenvalue weighted by molar-refractivity contribution is 7.10. The molecule has 0 saturated carbocycles. The van der Waals surface area contributed by atoms with Crippen LogP contribution in [0.5, 0.6) is 0 Å². The first kappa shape index (κ1) is 19.5. The van der Waals surface area contributed by atoms with Gasteiger partial charge in [-0.05, 0) is 38.3 Å². The lowest BCUT2D eigenvalue weighted by molar-refractivity contribution is -0.139. The molecule has 3 aromatic rings. The number of ether oxygens (including phenoxy) is 1. The van der Waals surface area contributed by atoms with Crippen molar-refractivity contribution in [3.05, 3.63) is 71.3 Å². The van der Waals surface area contributed by atoms with E-state index in [4.69, 9.17) is 4.74 Å². The van der Waals surface area contributed by atoms with Crippen molar-refractivity contribution in [3.63, 3.8) is 0 Å². The Labute approximate surface area is 174 Å². The Hall–Kier alpha value is -2.78. The molecule has 0 amide bonds. The van der Waals surface area contributed by atoms with Crippen molar-refractivity contribution in [2.24, 2.45) is 4.99 Å². The van der Waals surface area contributed by atoms with Gasteiger partial charge in [0.05, 0.1) is 28.6 Å². The first-order valence-electron chi connectivity index (χ1n) is 9.29. The number of thiophene rings is 1. The molecule has 0 fully saturated rings. The summed E-state index contributed by atoms with van der Waals surface area (Å²) in [6, 6.07) is 3.30. The summed E-state index contributed by atoms with van der Waals surface area (Å²) in [5, 5.41) is 6.19. The van der Waals surface area contributed by atoms with Crippen LogP contribution in [0.15, 0.2) is 51.0 Å². The molecule has 7 nitrogen and oxygen atoms in total. The van der Waals surface area contributed by atoms with Crippen LogP contribution in [0.3, 0.4) is 0 Å². The zero-order valence-corrected chi connectivity index (χ0v) is 17.9. The van der Waals surface area contributed by atoms with Crippen LogP contribution in [0.4, 0.5) is 0 Å². The molecular weight excluding hydrogens is 408 g/mol. The maximum atomic E-state index is 13.3. The van der Waals surface area contributed by atoms with Crippen molar-refractivity contribution in [3.8, 4) is 0 Å². The van der Waals surface area contributed by atoms with Crippen molar-refractivity contribution < 1.29 is 9.53 Å². The zero-order chi connectivity index (χ0) is 20.5. The van der Waals surface area contributed by atoms with Crippen molar-refractivity contribution in [1.29, 1.82) is 0 Å². The first-order valence-corrected chi connectivity index (χ1v) is 11.0. The number of carbonyl (C=O) groups excluding carboxylic acids is 1. The van der Waals surface area contributed by atoms with Gasteiger partial charge in [0.2, 0.25) is 0 Å². The topological polar surface area (TPSA) is 78.5 Å². The summed E-state index contributed by atoms with van der Waals surface area (Å²) in [4.78, 5) is 32.1. The van der Waals surface area contributed by atoms with Gasteiger partial charge in [-0.15, -0.1) is 11.3 Å². The summed E-state index contributed by atoms with van der Waals surface area (Å²) >= 11 is 2.82. The van der Waals surface area contributed by atoms with E-state index in [9.17, 15) is 9.59 Å².